The summed E-state index contributed by atoms with van der Waals surface area (Å²) in [4.78, 5) is 10.5. The highest BCUT2D eigenvalue weighted by Gasteiger charge is 2.24. The summed E-state index contributed by atoms with van der Waals surface area (Å²) < 4.78 is 6.24. The van der Waals surface area contributed by atoms with E-state index in [2.05, 4.69) is 133 Å². The first-order valence-corrected chi connectivity index (χ1v) is 15.9. The van der Waals surface area contributed by atoms with Crippen molar-refractivity contribution in [3.63, 3.8) is 0 Å². The second-order valence-corrected chi connectivity index (χ2v) is 11.8. The van der Waals surface area contributed by atoms with E-state index in [0.717, 1.165) is 67.0 Å². The van der Waals surface area contributed by atoms with Gasteiger partial charge in [0.1, 0.15) is 22.8 Å². The molecule has 0 aliphatic carbocycles. The zero-order chi connectivity index (χ0) is 31.2. The standard InChI is InChI=1S/C43H29N3O/c1-2-11-28(12-3-1)32-15-8-16-33(27-32)42-44-41(31-25-23-30(24-26-31)35-19-9-14-29-13-4-5-17-34(29)35)45-43(46-42)37-20-10-22-39-40(37)36-18-6-7-21-38(36)47-39/h1-27,41H,(H,44,45,46). The Labute approximate surface area is 272 Å². The number of benzene rings is 7. The van der Waals surface area contributed by atoms with Crippen LogP contribution in [0.5, 0.6) is 0 Å². The van der Waals surface area contributed by atoms with Crippen LogP contribution in [0.3, 0.4) is 0 Å². The number of hydrogen-bond donors (Lipinski definition) is 1. The topological polar surface area (TPSA) is 49.9 Å². The molecule has 1 atom stereocenters. The van der Waals surface area contributed by atoms with Crippen molar-refractivity contribution in [2.24, 2.45) is 9.98 Å². The Hall–Kier alpha value is -6.26. The van der Waals surface area contributed by atoms with Gasteiger partial charge in [-0.2, -0.15) is 0 Å². The maximum Gasteiger partial charge on any atom is 0.169 e. The van der Waals surface area contributed by atoms with E-state index in [1.165, 1.54) is 16.3 Å². The van der Waals surface area contributed by atoms with Crippen LogP contribution in [0.4, 0.5) is 0 Å². The Balaban J connectivity index is 1.17. The summed E-state index contributed by atoms with van der Waals surface area (Å²) >= 11 is 0. The van der Waals surface area contributed by atoms with Crippen molar-refractivity contribution in [2.45, 2.75) is 6.17 Å². The van der Waals surface area contributed by atoms with Gasteiger partial charge in [0.2, 0.25) is 0 Å². The van der Waals surface area contributed by atoms with Gasteiger partial charge in [-0.25, -0.2) is 9.98 Å². The second kappa shape index (κ2) is 11.3. The van der Waals surface area contributed by atoms with Crippen molar-refractivity contribution < 1.29 is 4.42 Å². The number of nitrogens with one attached hydrogen (secondary N) is 1. The largest absolute Gasteiger partial charge is 0.456 e. The number of nitrogens with zero attached hydrogens (tertiary/aromatic N) is 2. The molecule has 7 aromatic carbocycles. The van der Waals surface area contributed by atoms with Gasteiger partial charge in [-0.3, -0.25) is 0 Å². The summed E-state index contributed by atoms with van der Waals surface area (Å²) in [6, 6.07) is 57.0. The molecule has 4 nitrogen and oxygen atoms in total. The lowest BCUT2D eigenvalue weighted by molar-refractivity contribution is 0.669. The lowest BCUT2D eigenvalue weighted by Gasteiger charge is -2.23. The van der Waals surface area contributed by atoms with Gasteiger partial charge in [-0.05, 0) is 56.8 Å². The zero-order valence-corrected chi connectivity index (χ0v) is 25.5. The predicted octanol–water partition coefficient (Wildman–Crippen LogP) is 10.6. The molecular weight excluding hydrogens is 574 g/mol. The minimum Gasteiger partial charge on any atom is -0.456 e. The van der Waals surface area contributed by atoms with Gasteiger partial charge in [-0.1, -0.05) is 146 Å². The quantitative estimate of drug-likeness (QED) is 0.213. The number of fused-ring (bicyclic) bond motifs is 4. The Bertz CT molecular complexity index is 2480. The maximum absolute atomic E-state index is 6.24. The van der Waals surface area contributed by atoms with Gasteiger partial charge in [0, 0.05) is 21.9 Å². The Kier molecular flexibility index (Phi) is 6.50. The van der Waals surface area contributed by atoms with Crippen LogP contribution in [0.2, 0.25) is 0 Å². The lowest BCUT2D eigenvalue weighted by Crippen LogP contribution is -2.36. The summed E-state index contributed by atoms with van der Waals surface area (Å²) in [6.45, 7) is 0. The number of amidine groups is 2. The van der Waals surface area contributed by atoms with E-state index in [1.807, 2.05) is 36.4 Å². The number of furan rings is 1. The molecule has 0 fully saturated rings. The molecule has 8 aromatic rings. The third-order valence-electron chi connectivity index (χ3n) is 8.95. The first-order valence-electron chi connectivity index (χ1n) is 15.9. The van der Waals surface area contributed by atoms with Gasteiger partial charge in [-0.15, -0.1) is 0 Å². The van der Waals surface area contributed by atoms with E-state index >= 15 is 0 Å². The van der Waals surface area contributed by atoms with Crippen LogP contribution < -0.4 is 5.32 Å². The fourth-order valence-corrected chi connectivity index (χ4v) is 6.64. The van der Waals surface area contributed by atoms with E-state index in [1.54, 1.807) is 0 Å². The predicted molar refractivity (Wildman–Crippen MR) is 194 cm³/mol. The molecule has 4 heteroatoms. The van der Waals surface area contributed by atoms with Crippen molar-refractivity contribution in [3.05, 3.63) is 180 Å². The van der Waals surface area contributed by atoms with Crippen LogP contribution in [-0.4, -0.2) is 11.7 Å². The number of aliphatic imine (C=N–C) groups is 2. The normalized spacial score (nSPS) is 14.6. The molecule has 9 rings (SSSR count). The minimum atomic E-state index is -0.434. The molecule has 0 radical (unpaired) electrons. The number of rotatable bonds is 5. The summed E-state index contributed by atoms with van der Waals surface area (Å²) in [5.74, 6) is 1.54. The molecular formula is C43H29N3O. The van der Waals surface area contributed by atoms with E-state index < -0.39 is 6.17 Å². The minimum absolute atomic E-state index is 0.434. The van der Waals surface area contributed by atoms with Crippen LogP contribution in [0.25, 0.3) is 55.0 Å². The molecule has 1 unspecified atom stereocenters. The van der Waals surface area contributed by atoms with E-state index in [-0.39, 0.29) is 0 Å². The van der Waals surface area contributed by atoms with E-state index in [0.29, 0.717) is 0 Å². The van der Waals surface area contributed by atoms with Gasteiger partial charge in [0.25, 0.3) is 0 Å². The van der Waals surface area contributed by atoms with Crippen molar-refractivity contribution in [1.29, 1.82) is 0 Å². The molecule has 0 amide bonds. The Morgan fingerprint density at radius 1 is 0.447 bits per heavy atom. The number of para-hydroxylation sites is 1. The molecule has 0 saturated carbocycles. The van der Waals surface area contributed by atoms with Crippen LogP contribution in [-0.2, 0) is 0 Å². The molecule has 0 bridgehead atoms. The van der Waals surface area contributed by atoms with Gasteiger partial charge in [0.05, 0.1) is 0 Å². The SMILES string of the molecule is c1ccc(-c2cccc(C3=NC(c4ccc(-c5cccc6ccccc56)cc4)N=C(c4cccc5oc6ccccc6c45)N3)c2)cc1. The monoisotopic (exact) mass is 603 g/mol. The molecule has 0 spiro atoms. The van der Waals surface area contributed by atoms with Crippen molar-refractivity contribution >= 4 is 44.4 Å². The Morgan fingerprint density at radius 3 is 1.98 bits per heavy atom. The van der Waals surface area contributed by atoms with Crippen LogP contribution in [0.15, 0.2) is 178 Å². The maximum atomic E-state index is 6.24. The Morgan fingerprint density at radius 2 is 1.09 bits per heavy atom. The highest BCUT2D eigenvalue weighted by Crippen LogP contribution is 2.35. The average molecular weight is 604 g/mol. The molecule has 1 aliphatic rings. The molecule has 1 N–H and O–H groups in total. The second-order valence-electron chi connectivity index (χ2n) is 11.8. The summed E-state index contributed by atoms with van der Waals surface area (Å²) in [7, 11) is 0. The van der Waals surface area contributed by atoms with Crippen molar-refractivity contribution in [3.8, 4) is 22.3 Å². The highest BCUT2D eigenvalue weighted by atomic mass is 16.3. The number of hydrogen-bond acceptors (Lipinski definition) is 4. The first kappa shape index (κ1) is 27.1. The third-order valence-corrected chi connectivity index (χ3v) is 8.95. The van der Waals surface area contributed by atoms with Crippen LogP contribution in [0, 0.1) is 0 Å². The smallest absolute Gasteiger partial charge is 0.169 e. The molecule has 1 aliphatic heterocycles. The zero-order valence-electron chi connectivity index (χ0n) is 25.5. The fourth-order valence-electron chi connectivity index (χ4n) is 6.64. The molecule has 1 aromatic heterocycles. The lowest BCUT2D eigenvalue weighted by atomic mass is 9.97. The fraction of sp³-hybridized carbons (Fsp3) is 0.0233. The first-order chi connectivity index (χ1) is 23.3. The van der Waals surface area contributed by atoms with Crippen molar-refractivity contribution in [2.75, 3.05) is 0 Å². The summed E-state index contributed by atoms with van der Waals surface area (Å²) in [6.07, 6.45) is -0.434. The van der Waals surface area contributed by atoms with Gasteiger partial charge >= 0.3 is 0 Å². The summed E-state index contributed by atoms with van der Waals surface area (Å²) in [5, 5.41) is 8.20. The summed E-state index contributed by atoms with van der Waals surface area (Å²) in [5.41, 5.74) is 9.37. The van der Waals surface area contributed by atoms with Gasteiger partial charge < -0.3 is 9.73 Å². The molecule has 222 valence electrons. The third kappa shape index (κ3) is 4.88. The van der Waals surface area contributed by atoms with E-state index in [9.17, 15) is 0 Å². The highest BCUT2D eigenvalue weighted by molar-refractivity contribution is 6.23. The van der Waals surface area contributed by atoms with Crippen molar-refractivity contribution in [1.82, 2.24) is 5.32 Å². The molecule has 0 saturated heterocycles. The average Bonchev–Trinajstić information content (AvgIpc) is 3.54. The molecule has 2 heterocycles. The van der Waals surface area contributed by atoms with E-state index in [4.69, 9.17) is 14.4 Å². The van der Waals surface area contributed by atoms with Crippen LogP contribution >= 0.6 is 0 Å². The van der Waals surface area contributed by atoms with Gasteiger partial charge in [0.15, 0.2) is 6.17 Å². The molecule has 47 heavy (non-hydrogen) atoms. The van der Waals surface area contributed by atoms with Crippen LogP contribution in [0.1, 0.15) is 22.9 Å².